The van der Waals surface area contributed by atoms with Gasteiger partial charge in [-0.2, -0.15) is 5.26 Å². The second-order valence-corrected chi connectivity index (χ2v) is 6.02. The molecule has 22 heavy (non-hydrogen) atoms. The second-order valence-electron chi connectivity index (χ2n) is 6.02. The number of rotatable bonds is 3. The summed E-state index contributed by atoms with van der Waals surface area (Å²) in [7, 11) is 0. The summed E-state index contributed by atoms with van der Waals surface area (Å²) in [5.41, 5.74) is 3.06. The number of hydrogen-bond donors (Lipinski definition) is 2. The van der Waals surface area contributed by atoms with Gasteiger partial charge in [0, 0.05) is 37.0 Å². The number of nitriles is 1. The quantitative estimate of drug-likeness (QED) is 0.886. The molecule has 1 amide bonds. The van der Waals surface area contributed by atoms with Crippen LogP contribution in [0.4, 0.5) is 5.69 Å². The number of aliphatic hydroxyl groups is 1. The normalized spacial score (nSPS) is 22.0. The van der Waals surface area contributed by atoms with Crippen LogP contribution in [0.1, 0.15) is 29.9 Å². The van der Waals surface area contributed by atoms with Crippen LogP contribution >= 0.6 is 0 Å². The monoisotopic (exact) mass is 297 g/mol. The fourth-order valence-electron chi connectivity index (χ4n) is 3.11. The molecule has 1 atom stereocenters. The summed E-state index contributed by atoms with van der Waals surface area (Å²) >= 11 is 0. The fourth-order valence-corrected chi connectivity index (χ4v) is 3.11. The van der Waals surface area contributed by atoms with E-state index in [1.807, 2.05) is 18.2 Å². The summed E-state index contributed by atoms with van der Waals surface area (Å²) in [5, 5.41) is 21.3. The Hall–Kier alpha value is -2.32. The number of amides is 1. The fraction of sp³-hybridized carbons (Fsp3) is 0.412. The maximum Gasteiger partial charge on any atom is 0.231 e. The van der Waals surface area contributed by atoms with Gasteiger partial charge in [-0.1, -0.05) is 12.6 Å². The summed E-state index contributed by atoms with van der Waals surface area (Å²) in [4.78, 5) is 14.3. The standard InChI is InChI=1S/C17H19N3O2/c1-11-2-4-16(17(22)19-11)15-5-3-14(6-13(15)7-18)20-8-12(9-20)10-21/h3,5-6,12,16,21H,1-2,4,8-10H2,(H,19,22). The lowest BCUT2D eigenvalue weighted by Crippen LogP contribution is -2.48. The number of hydrogen-bond acceptors (Lipinski definition) is 4. The van der Waals surface area contributed by atoms with Crippen LogP contribution in [0.5, 0.6) is 0 Å². The summed E-state index contributed by atoms with van der Waals surface area (Å²) in [6.45, 7) is 5.60. The van der Waals surface area contributed by atoms with Crippen molar-refractivity contribution >= 4 is 11.6 Å². The molecule has 1 unspecified atom stereocenters. The number of allylic oxidation sites excluding steroid dienone is 1. The van der Waals surface area contributed by atoms with Gasteiger partial charge in [-0.15, -0.1) is 0 Å². The lowest BCUT2D eigenvalue weighted by Gasteiger charge is -2.40. The van der Waals surface area contributed by atoms with Gasteiger partial charge in [0.1, 0.15) is 0 Å². The van der Waals surface area contributed by atoms with Crippen molar-refractivity contribution < 1.29 is 9.90 Å². The molecule has 2 heterocycles. The van der Waals surface area contributed by atoms with Gasteiger partial charge in [0.05, 0.1) is 17.6 Å². The average Bonchev–Trinajstić information content (AvgIpc) is 2.46. The van der Waals surface area contributed by atoms with E-state index in [2.05, 4.69) is 22.9 Å². The minimum absolute atomic E-state index is 0.0789. The van der Waals surface area contributed by atoms with Crippen molar-refractivity contribution in [1.29, 1.82) is 5.26 Å². The summed E-state index contributed by atoms with van der Waals surface area (Å²) in [5.74, 6) is -0.0408. The van der Waals surface area contributed by atoms with Crippen LogP contribution in [0.25, 0.3) is 0 Å². The van der Waals surface area contributed by atoms with Gasteiger partial charge in [0.15, 0.2) is 0 Å². The molecule has 0 aromatic heterocycles. The molecular formula is C17H19N3O2. The van der Waals surface area contributed by atoms with Gasteiger partial charge < -0.3 is 15.3 Å². The van der Waals surface area contributed by atoms with E-state index in [9.17, 15) is 10.1 Å². The van der Waals surface area contributed by atoms with E-state index >= 15 is 0 Å². The molecule has 2 saturated heterocycles. The van der Waals surface area contributed by atoms with Crippen LogP contribution in [0.15, 0.2) is 30.5 Å². The molecule has 2 aliphatic rings. The first-order valence-corrected chi connectivity index (χ1v) is 7.51. The van der Waals surface area contributed by atoms with Gasteiger partial charge >= 0.3 is 0 Å². The topological polar surface area (TPSA) is 76.4 Å². The molecule has 114 valence electrons. The Balaban J connectivity index is 1.83. The van der Waals surface area contributed by atoms with Crippen LogP contribution in [0, 0.1) is 17.2 Å². The number of nitrogens with one attached hydrogen (secondary N) is 1. The van der Waals surface area contributed by atoms with Crippen molar-refractivity contribution in [2.45, 2.75) is 18.8 Å². The number of carbonyl (C=O) groups is 1. The summed E-state index contributed by atoms with van der Waals surface area (Å²) < 4.78 is 0. The van der Waals surface area contributed by atoms with Crippen LogP contribution in [0.2, 0.25) is 0 Å². The van der Waals surface area contributed by atoms with Crippen molar-refractivity contribution in [1.82, 2.24) is 5.32 Å². The van der Waals surface area contributed by atoms with E-state index < -0.39 is 0 Å². The summed E-state index contributed by atoms with van der Waals surface area (Å²) in [6, 6.07) is 7.91. The van der Waals surface area contributed by atoms with Gasteiger partial charge in [-0.3, -0.25) is 4.79 Å². The van der Waals surface area contributed by atoms with Crippen molar-refractivity contribution in [3.63, 3.8) is 0 Å². The van der Waals surface area contributed by atoms with Gasteiger partial charge in [0.2, 0.25) is 5.91 Å². The van der Waals surface area contributed by atoms with E-state index in [1.54, 1.807) is 0 Å². The SMILES string of the molecule is C=C1CCC(c2ccc(N3CC(CO)C3)cc2C#N)C(=O)N1. The molecule has 1 aromatic rings. The van der Waals surface area contributed by atoms with E-state index in [-0.39, 0.29) is 18.4 Å². The van der Waals surface area contributed by atoms with E-state index in [4.69, 9.17) is 5.11 Å². The molecule has 2 aliphatic heterocycles. The third kappa shape index (κ3) is 2.58. The number of piperidine rings is 1. The van der Waals surface area contributed by atoms with Crippen LogP contribution in [0.3, 0.4) is 0 Å². The molecular weight excluding hydrogens is 278 g/mol. The Morgan fingerprint density at radius 1 is 1.45 bits per heavy atom. The molecule has 3 rings (SSSR count). The van der Waals surface area contributed by atoms with Crippen LogP contribution < -0.4 is 10.2 Å². The summed E-state index contributed by atoms with van der Waals surface area (Å²) in [6.07, 6.45) is 1.43. The average molecular weight is 297 g/mol. The Labute approximate surface area is 129 Å². The van der Waals surface area contributed by atoms with Crippen molar-refractivity contribution in [2.24, 2.45) is 5.92 Å². The molecule has 2 fully saturated rings. The molecule has 5 nitrogen and oxygen atoms in total. The van der Waals surface area contributed by atoms with Gasteiger partial charge in [-0.25, -0.2) is 0 Å². The third-order valence-electron chi connectivity index (χ3n) is 4.46. The number of aliphatic hydroxyl groups excluding tert-OH is 1. The predicted molar refractivity (Wildman–Crippen MR) is 83.2 cm³/mol. The number of nitrogens with zero attached hydrogens (tertiary/aromatic N) is 2. The first-order valence-electron chi connectivity index (χ1n) is 7.51. The number of anilines is 1. The first kappa shape index (κ1) is 14.6. The van der Waals surface area contributed by atoms with E-state index in [1.165, 1.54) is 0 Å². The molecule has 0 radical (unpaired) electrons. The molecule has 0 bridgehead atoms. The zero-order valence-electron chi connectivity index (χ0n) is 12.4. The maximum absolute atomic E-state index is 12.1. The third-order valence-corrected chi connectivity index (χ3v) is 4.46. The van der Waals surface area contributed by atoms with Crippen LogP contribution in [-0.2, 0) is 4.79 Å². The van der Waals surface area contributed by atoms with Gasteiger partial charge in [0.25, 0.3) is 0 Å². The number of carbonyl (C=O) groups excluding carboxylic acids is 1. The molecule has 1 aromatic carbocycles. The Morgan fingerprint density at radius 3 is 2.86 bits per heavy atom. The molecule has 0 aliphatic carbocycles. The minimum Gasteiger partial charge on any atom is -0.396 e. The van der Waals surface area contributed by atoms with Gasteiger partial charge in [-0.05, 0) is 30.5 Å². The molecule has 0 spiro atoms. The largest absolute Gasteiger partial charge is 0.396 e. The predicted octanol–water partition coefficient (Wildman–Crippen LogP) is 1.49. The smallest absolute Gasteiger partial charge is 0.231 e. The van der Waals surface area contributed by atoms with Crippen molar-refractivity contribution in [3.05, 3.63) is 41.6 Å². The van der Waals surface area contributed by atoms with Crippen molar-refractivity contribution in [3.8, 4) is 6.07 Å². The highest BCUT2D eigenvalue weighted by Gasteiger charge is 2.30. The lowest BCUT2D eigenvalue weighted by atomic mass is 9.86. The van der Waals surface area contributed by atoms with Crippen molar-refractivity contribution in [2.75, 3.05) is 24.6 Å². The Kier molecular flexibility index (Phi) is 3.86. The first-order chi connectivity index (χ1) is 10.6. The Bertz CT molecular complexity index is 656. The lowest BCUT2D eigenvalue weighted by molar-refractivity contribution is -0.122. The number of benzene rings is 1. The molecule has 0 saturated carbocycles. The molecule has 5 heteroatoms. The molecule has 2 N–H and O–H groups in total. The highest BCUT2D eigenvalue weighted by Crippen LogP contribution is 2.33. The zero-order chi connectivity index (χ0) is 15.7. The highest BCUT2D eigenvalue weighted by atomic mass is 16.3. The second kappa shape index (κ2) is 5.82. The zero-order valence-corrected chi connectivity index (χ0v) is 12.4. The maximum atomic E-state index is 12.1. The Morgan fingerprint density at radius 2 is 2.23 bits per heavy atom. The van der Waals surface area contributed by atoms with E-state index in [0.717, 1.165) is 36.5 Å². The minimum atomic E-state index is -0.282. The van der Waals surface area contributed by atoms with E-state index in [0.29, 0.717) is 17.9 Å². The van der Waals surface area contributed by atoms with Crippen LogP contribution in [-0.4, -0.2) is 30.7 Å². The highest BCUT2D eigenvalue weighted by molar-refractivity contribution is 5.87.